The molecule has 2 heterocycles. The highest BCUT2D eigenvalue weighted by molar-refractivity contribution is 6.74. The van der Waals surface area contributed by atoms with Gasteiger partial charge in [-0.25, -0.2) is 9.97 Å². The lowest BCUT2D eigenvalue weighted by molar-refractivity contribution is 0.0698. The lowest BCUT2D eigenvalue weighted by atomic mass is 9.78. The standard InChI is InChI=1S/C21H30ClN5OSi/c1-20(2,3)29(4,5)28-17-6-9-21(10-7-17,11-12-23)27-15-16(14-25-27)18-8-13-24-19(22)26-18/h8,13-15,17H,6-7,9-11H2,1-5H3. The highest BCUT2D eigenvalue weighted by atomic mass is 35.5. The fourth-order valence-corrected chi connectivity index (χ4v) is 5.25. The molecule has 1 aliphatic rings. The van der Waals surface area contributed by atoms with Crippen molar-refractivity contribution in [1.29, 1.82) is 5.26 Å². The molecule has 2 aromatic rings. The van der Waals surface area contributed by atoms with Crippen LogP contribution in [0.5, 0.6) is 0 Å². The molecule has 1 saturated carbocycles. The van der Waals surface area contributed by atoms with Crippen LogP contribution in [0.4, 0.5) is 0 Å². The largest absolute Gasteiger partial charge is 0.414 e. The molecule has 2 aromatic heterocycles. The van der Waals surface area contributed by atoms with Gasteiger partial charge in [-0.15, -0.1) is 0 Å². The molecular weight excluding hydrogens is 402 g/mol. The Balaban J connectivity index is 1.77. The molecule has 1 aliphatic carbocycles. The van der Waals surface area contributed by atoms with Crippen LogP contribution in [-0.2, 0) is 9.96 Å². The van der Waals surface area contributed by atoms with Crippen molar-refractivity contribution in [1.82, 2.24) is 19.7 Å². The summed E-state index contributed by atoms with van der Waals surface area (Å²) >= 11 is 5.92. The quantitative estimate of drug-likeness (QED) is 0.457. The summed E-state index contributed by atoms with van der Waals surface area (Å²) in [5, 5.41) is 14.5. The molecule has 0 amide bonds. The summed E-state index contributed by atoms with van der Waals surface area (Å²) in [6.07, 6.45) is 9.75. The van der Waals surface area contributed by atoms with Gasteiger partial charge in [-0.1, -0.05) is 20.8 Å². The number of nitriles is 1. The lowest BCUT2D eigenvalue weighted by Crippen LogP contribution is -2.47. The van der Waals surface area contributed by atoms with Crippen molar-refractivity contribution in [3.63, 3.8) is 0 Å². The Morgan fingerprint density at radius 2 is 2.03 bits per heavy atom. The Labute approximate surface area is 179 Å². The van der Waals surface area contributed by atoms with Crippen molar-refractivity contribution < 1.29 is 4.43 Å². The SMILES string of the molecule is CC(C)(C)[Si](C)(C)OC1CCC(CC#N)(n2cc(-c3ccnc(Cl)n3)cn2)CC1. The predicted octanol–water partition coefficient (Wildman–Crippen LogP) is 5.57. The summed E-state index contributed by atoms with van der Waals surface area (Å²) in [7, 11) is -1.80. The molecule has 156 valence electrons. The van der Waals surface area contributed by atoms with Crippen LogP contribution >= 0.6 is 11.6 Å². The van der Waals surface area contributed by atoms with E-state index in [0.29, 0.717) is 6.42 Å². The summed E-state index contributed by atoms with van der Waals surface area (Å²) in [4.78, 5) is 8.20. The molecular formula is C21H30ClN5OSi. The number of hydrogen-bond acceptors (Lipinski definition) is 5. The van der Waals surface area contributed by atoms with E-state index < -0.39 is 8.32 Å². The molecule has 3 rings (SSSR count). The second kappa shape index (κ2) is 8.17. The van der Waals surface area contributed by atoms with Gasteiger partial charge in [-0.3, -0.25) is 4.68 Å². The lowest BCUT2D eigenvalue weighted by Gasteiger charge is -2.44. The summed E-state index contributed by atoms with van der Waals surface area (Å²) < 4.78 is 8.60. The van der Waals surface area contributed by atoms with E-state index in [0.717, 1.165) is 36.9 Å². The Bertz CT molecular complexity index is 891. The highest BCUT2D eigenvalue weighted by Crippen LogP contribution is 2.43. The fourth-order valence-electron chi connectivity index (χ4n) is 3.68. The summed E-state index contributed by atoms with van der Waals surface area (Å²) in [6, 6.07) is 4.20. The van der Waals surface area contributed by atoms with Crippen LogP contribution in [0.2, 0.25) is 23.4 Å². The van der Waals surface area contributed by atoms with Crippen LogP contribution in [0, 0.1) is 11.3 Å². The minimum Gasteiger partial charge on any atom is -0.414 e. The van der Waals surface area contributed by atoms with Gasteiger partial charge in [0.1, 0.15) is 0 Å². The van der Waals surface area contributed by atoms with Gasteiger partial charge in [0.25, 0.3) is 0 Å². The van der Waals surface area contributed by atoms with E-state index in [1.165, 1.54) is 0 Å². The van der Waals surface area contributed by atoms with Crippen molar-refractivity contribution in [3.8, 4) is 17.3 Å². The van der Waals surface area contributed by atoms with Crippen LogP contribution in [-0.4, -0.2) is 34.2 Å². The monoisotopic (exact) mass is 431 g/mol. The number of halogens is 1. The van der Waals surface area contributed by atoms with E-state index in [1.807, 2.05) is 16.9 Å². The number of aromatic nitrogens is 4. The molecule has 0 atom stereocenters. The van der Waals surface area contributed by atoms with E-state index in [4.69, 9.17) is 16.0 Å². The maximum Gasteiger partial charge on any atom is 0.222 e. The molecule has 0 bridgehead atoms. The first-order chi connectivity index (χ1) is 13.6. The van der Waals surface area contributed by atoms with Crippen molar-refractivity contribution >= 4 is 19.9 Å². The van der Waals surface area contributed by atoms with Crippen LogP contribution in [0.25, 0.3) is 11.3 Å². The van der Waals surface area contributed by atoms with Gasteiger partial charge in [0.05, 0.1) is 29.9 Å². The van der Waals surface area contributed by atoms with E-state index in [-0.39, 0.29) is 22.0 Å². The van der Waals surface area contributed by atoms with Gasteiger partial charge in [-0.2, -0.15) is 10.4 Å². The van der Waals surface area contributed by atoms with Crippen LogP contribution in [0.15, 0.2) is 24.7 Å². The molecule has 0 aliphatic heterocycles. The second-order valence-corrected chi connectivity index (χ2v) is 14.6. The predicted molar refractivity (Wildman–Crippen MR) is 117 cm³/mol. The first-order valence-corrected chi connectivity index (χ1v) is 13.4. The van der Waals surface area contributed by atoms with Crippen LogP contribution < -0.4 is 0 Å². The van der Waals surface area contributed by atoms with Crippen molar-refractivity contribution in [2.45, 2.75) is 82.7 Å². The topological polar surface area (TPSA) is 76.6 Å². The normalized spacial score (nSPS) is 23.0. The second-order valence-electron chi connectivity index (χ2n) is 9.52. The van der Waals surface area contributed by atoms with Gasteiger partial charge < -0.3 is 4.43 Å². The Kier molecular flexibility index (Phi) is 6.18. The average molecular weight is 432 g/mol. The Morgan fingerprint density at radius 1 is 1.34 bits per heavy atom. The highest BCUT2D eigenvalue weighted by Gasteiger charge is 2.43. The van der Waals surface area contributed by atoms with Gasteiger partial charge in [0, 0.05) is 24.1 Å². The maximum atomic E-state index is 9.51. The number of nitrogens with zero attached hydrogens (tertiary/aromatic N) is 5. The summed E-state index contributed by atoms with van der Waals surface area (Å²) in [5.74, 6) is 0. The van der Waals surface area contributed by atoms with Crippen molar-refractivity contribution in [3.05, 3.63) is 29.9 Å². The third kappa shape index (κ3) is 4.71. The van der Waals surface area contributed by atoms with E-state index in [2.05, 4.69) is 55.0 Å². The number of rotatable bonds is 5. The first kappa shape index (κ1) is 21.9. The number of hydrogen-bond donors (Lipinski definition) is 0. The molecule has 0 saturated heterocycles. The minimum absolute atomic E-state index is 0.198. The van der Waals surface area contributed by atoms with Crippen LogP contribution in [0.1, 0.15) is 52.9 Å². The van der Waals surface area contributed by atoms with Gasteiger partial charge in [0.15, 0.2) is 8.32 Å². The minimum atomic E-state index is -1.80. The first-order valence-electron chi connectivity index (χ1n) is 10.2. The molecule has 29 heavy (non-hydrogen) atoms. The fraction of sp³-hybridized carbons (Fsp3) is 0.619. The zero-order valence-electron chi connectivity index (χ0n) is 17.9. The zero-order valence-corrected chi connectivity index (χ0v) is 19.7. The molecule has 6 nitrogen and oxygen atoms in total. The summed E-state index contributed by atoms with van der Waals surface area (Å²) in [5.41, 5.74) is 1.32. The van der Waals surface area contributed by atoms with Crippen LogP contribution in [0.3, 0.4) is 0 Å². The van der Waals surface area contributed by atoms with E-state index in [9.17, 15) is 5.26 Å². The Morgan fingerprint density at radius 3 is 2.62 bits per heavy atom. The average Bonchev–Trinajstić information content (AvgIpc) is 3.13. The molecule has 0 aromatic carbocycles. The van der Waals surface area contributed by atoms with Gasteiger partial charge in [0.2, 0.25) is 5.28 Å². The smallest absolute Gasteiger partial charge is 0.222 e. The van der Waals surface area contributed by atoms with Crippen molar-refractivity contribution in [2.24, 2.45) is 0 Å². The molecule has 0 spiro atoms. The molecule has 8 heteroatoms. The third-order valence-electron chi connectivity index (χ3n) is 6.53. The van der Waals surface area contributed by atoms with E-state index in [1.54, 1.807) is 12.4 Å². The van der Waals surface area contributed by atoms with Gasteiger partial charge in [-0.05, 0) is 61.5 Å². The van der Waals surface area contributed by atoms with E-state index >= 15 is 0 Å². The zero-order chi connectivity index (χ0) is 21.3. The molecule has 0 radical (unpaired) electrons. The summed E-state index contributed by atoms with van der Waals surface area (Å²) in [6.45, 7) is 11.4. The third-order valence-corrected chi connectivity index (χ3v) is 11.2. The van der Waals surface area contributed by atoms with Gasteiger partial charge >= 0.3 is 0 Å². The van der Waals surface area contributed by atoms with Crippen molar-refractivity contribution in [2.75, 3.05) is 0 Å². The molecule has 0 unspecified atom stereocenters. The Hall–Kier alpha value is -1.75. The maximum absolute atomic E-state index is 9.51. The molecule has 0 N–H and O–H groups in total. The molecule has 1 fully saturated rings.